The predicted molar refractivity (Wildman–Crippen MR) is 60.1 cm³/mol. The molecule has 0 aliphatic rings. The van der Waals surface area contributed by atoms with E-state index in [1.54, 1.807) is 7.11 Å². The molecule has 0 atom stereocenters. The van der Waals surface area contributed by atoms with Crippen molar-refractivity contribution in [2.45, 2.75) is 19.4 Å². The molecule has 0 fully saturated rings. The molecule has 0 unspecified atom stereocenters. The maximum Gasteiger partial charge on any atom is 0.137 e. The molecule has 1 aromatic carbocycles. The van der Waals surface area contributed by atoms with Gasteiger partial charge in [-0.05, 0) is 38.6 Å². The summed E-state index contributed by atoms with van der Waals surface area (Å²) in [6.45, 7) is 4.20. The number of rotatable bonds is 3. The number of nitrogens with one attached hydrogen (secondary N) is 1. The zero-order valence-electron chi connectivity index (χ0n) is 9.02. The first-order valence-corrected chi connectivity index (χ1v) is 4.92. The first kappa shape index (κ1) is 11.3. The molecule has 0 bridgehead atoms. The van der Waals surface area contributed by atoms with Gasteiger partial charge in [0.1, 0.15) is 5.75 Å². The van der Waals surface area contributed by atoms with E-state index in [0.717, 1.165) is 5.56 Å². The Bertz CT molecular complexity index is 323. The SMILES string of the molecule is CNC(C)(C)c1ccc(OC)c(Cl)c1. The smallest absolute Gasteiger partial charge is 0.137 e. The molecule has 1 N–H and O–H groups in total. The van der Waals surface area contributed by atoms with Crippen molar-refractivity contribution in [1.82, 2.24) is 5.32 Å². The van der Waals surface area contributed by atoms with Crippen LogP contribution in [0.2, 0.25) is 5.02 Å². The highest BCUT2D eigenvalue weighted by molar-refractivity contribution is 6.32. The van der Waals surface area contributed by atoms with Crippen LogP contribution in [0.3, 0.4) is 0 Å². The number of ether oxygens (including phenoxy) is 1. The van der Waals surface area contributed by atoms with Crippen molar-refractivity contribution >= 4 is 11.6 Å². The lowest BCUT2D eigenvalue weighted by Gasteiger charge is -2.25. The second-order valence-electron chi connectivity index (χ2n) is 3.72. The normalized spacial score (nSPS) is 11.5. The first-order valence-electron chi connectivity index (χ1n) is 4.54. The minimum atomic E-state index is -0.0735. The second kappa shape index (κ2) is 4.20. The molecule has 0 aromatic heterocycles. The van der Waals surface area contributed by atoms with Crippen LogP contribution < -0.4 is 10.1 Å². The summed E-state index contributed by atoms with van der Waals surface area (Å²) in [6, 6.07) is 5.83. The van der Waals surface area contributed by atoms with Crippen LogP contribution in [0.25, 0.3) is 0 Å². The zero-order valence-corrected chi connectivity index (χ0v) is 9.77. The van der Waals surface area contributed by atoms with E-state index in [1.165, 1.54) is 0 Å². The summed E-state index contributed by atoms with van der Waals surface area (Å²) in [5.74, 6) is 0.710. The van der Waals surface area contributed by atoms with E-state index >= 15 is 0 Å². The summed E-state index contributed by atoms with van der Waals surface area (Å²) >= 11 is 6.04. The summed E-state index contributed by atoms with van der Waals surface area (Å²) in [7, 11) is 3.54. The van der Waals surface area contributed by atoms with E-state index in [1.807, 2.05) is 25.2 Å². The van der Waals surface area contributed by atoms with Crippen LogP contribution in [0.1, 0.15) is 19.4 Å². The molecule has 0 saturated heterocycles. The fourth-order valence-electron chi connectivity index (χ4n) is 1.20. The fraction of sp³-hybridized carbons (Fsp3) is 0.455. The van der Waals surface area contributed by atoms with Crippen molar-refractivity contribution in [2.24, 2.45) is 0 Å². The van der Waals surface area contributed by atoms with Gasteiger partial charge in [-0.1, -0.05) is 17.7 Å². The van der Waals surface area contributed by atoms with E-state index in [0.29, 0.717) is 10.8 Å². The Morgan fingerprint density at radius 3 is 2.43 bits per heavy atom. The Kier molecular flexibility index (Phi) is 3.40. The molecule has 0 saturated carbocycles. The minimum Gasteiger partial charge on any atom is -0.495 e. The third-order valence-electron chi connectivity index (χ3n) is 2.50. The Morgan fingerprint density at radius 1 is 1.36 bits per heavy atom. The number of halogens is 1. The summed E-state index contributed by atoms with van der Waals surface area (Å²) in [6.07, 6.45) is 0. The topological polar surface area (TPSA) is 21.3 Å². The van der Waals surface area contributed by atoms with Gasteiger partial charge < -0.3 is 10.1 Å². The molecule has 14 heavy (non-hydrogen) atoms. The Morgan fingerprint density at radius 2 is 2.00 bits per heavy atom. The number of benzene rings is 1. The monoisotopic (exact) mass is 213 g/mol. The van der Waals surface area contributed by atoms with Crippen molar-refractivity contribution in [3.05, 3.63) is 28.8 Å². The van der Waals surface area contributed by atoms with Crippen LogP contribution >= 0.6 is 11.6 Å². The van der Waals surface area contributed by atoms with E-state index in [-0.39, 0.29) is 5.54 Å². The van der Waals surface area contributed by atoms with Gasteiger partial charge in [0.25, 0.3) is 0 Å². The van der Waals surface area contributed by atoms with Gasteiger partial charge in [0.2, 0.25) is 0 Å². The maximum absolute atomic E-state index is 6.04. The first-order chi connectivity index (χ1) is 6.51. The predicted octanol–water partition coefficient (Wildman–Crippen LogP) is 2.80. The van der Waals surface area contributed by atoms with Gasteiger partial charge >= 0.3 is 0 Å². The van der Waals surface area contributed by atoms with Gasteiger partial charge in [0, 0.05) is 5.54 Å². The molecule has 2 nitrogen and oxygen atoms in total. The third kappa shape index (κ3) is 2.20. The van der Waals surface area contributed by atoms with Gasteiger partial charge in [0.15, 0.2) is 0 Å². The van der Waals surface area contributed by atoms with Crippen LogP contribution in [-0.2, 0) is 5.54 Å². The molecule has 3 heteroatoms. The van der Waals surface area contributed by atoms with Gasteiger partial charge in [0.05, 0.1) is 12.1 Å². The molecule has 0 aliphatic heterocycles. The zero-order chi connectivity index (χ0) is 10.8. The summed E-state index contributed by atoms with van der Waals surface area (Å²) < 4.78 is 5.09. The standard InChI is InChI=1S/C11H16ClNO/c1-11(2,13-3)8-5-6-10(14-4)9(12)7-8/h5-7,13H,1-4H3. The Labute approximate surface area is 90.2 Å². The highest BCUT2D eigenvalue weighted by Gasteiger charge is 2.18. The van der Waals surface area contributed by atoms with Gasteiger partial charge in [-0.25, -0.2) is 0 Å². The molecule has 1 aromatic rings. The average molecular weight is 214 g/mol. The third-order valence-corrected chi connectivity index (χ3v) is 2.79. The lowest BCUT2D eigenvalue weighted by Crippen LogP contribution is -2.33. The molecular weight excluding hydrogens is 198 g/mol. The van der Waals surface area contributed by atoms with Crippen molar-refractivity contribution in [3.8, 4) is 5.75 Å². The summed E-state index contributed by atoms with van der Waals surface area (Å²) in [4.78, 5) is 0. The number of methoxy groups -OCH3 is 1. The maximum atomic E-state index is 6.04. The lowest BCUT2D eigenvalue weighted by molar-refractivity contribution is 0.412. The molecule has 1 rings (SSSR count). The van der Waals surface area contributed by atoms with E-state index in [9.17, 15) is 0 Å². The second-order valence-corrected chi connectivity index (χ2v) is 4.13. The van der Waals surface area contributed by atoms with E-state index in [2.05, 4.69) is 19.2 Å². The highest BCUT2D eigenvalue weighted by Crippen LogP contribution is 2.29. The molecule has 0 amide bonds. The largest absolute Gasteiger partial charge is 0.495 e. The molecule has 0 aliphatic carbocycles. The Hall–Kier alpha value is -0.730. The Balaban J connectivity index is 3.08. The summed E-state index contributed by atoms with van der Waals surface area (Å²) in [5.41, 5.74) is 1.07. The van der Waals surface area contributed by atoms with Crippen molar-refractivity contribution < 1.29 is 4.74 Å². The van der Waals surface area contributed by atoms with Gasteiger partial charge in [-0.2, -0.15) is 0 Å². The van der Waals surface area contributed by atoms with Crippen molar-refractivity contribution in [2.75, 3.05) is 14.2 Å². The van der Waals surface area contributed by atoms with E-state index in [4.69, 9.17) is 16.3 Å². The van der Waals surface area contributed by atoms with Crippen molar-refractivity contribution in [1.29, 1.82) is 0 Å². The molecule has 0 heterocycles. The van der Waals surface area contributed by atoms with Crippen LogP contribution in [0.15, 0.2) is 18.2 Å². The van der Waals surface area contributed by atoms with Gasteiger partial charge in [-0.15, -0.1) is 0 Å². The van der Waals surface area contributed by atoms with Crippen LogP contribution in [0.4, 0.5) is 0 Å². The number of hydrogen-bond donors (Lipinski definition) is 1. The van der Waals surface area contributed by atoms with Crippen molar-refractivity contribution in [3.63, 3.8) is 0 Å². The highest BCUT2D eigenvalue weighted by atomic mass is 35.5. The fourth-order valence-corrected chi connectivity index (χ4v) is 1.46. The quantitative estimate of drug-likeness (QED) is 0.834. The lowest BCUT2D eigenvalue weighted by atomic mass is 9.94. The van der Waals surface area contributed by atoms with Gasteiger partial charge in [-0.3, -0.25) is 0 Å². The average Bonchev–Trinajstić information content (AvgIpc) is 2.17. The minimum absolute atomic E-state index is 0.0735. The molecule has 0 spiro atoms. The summed E-state index contributed by atoms with van der Waals surface area (Å²) in [5, 5.41) is 3.87. The van der Waals surface area contributed by atoms with Crippen LogP contribution in [0, 0.1) is 0 Å². The molecule has 0 radical (unpaired) electrons. The number of hydrogen-bond acceptors (Lipinski definition) is 2. The molecule has 78 valence electrons. The molecular formula is C11H16ClNO. The van der Waals surface area contributed by atoms with E-state index < -0.39 is 0 Å². The van der Waals surface area contributed by atoms with Crippen LogP contribution in [0.5, 0.6) is 5.75 Å². The van der Waals surface area contributed by atoms with Crippen LogP contribution in [-0.4, -0.2) is 14.2 Å².